The smallest absolute Gasteiger partial charge is 0.181 e. The quantitative estimate of drug-likeness (QED) is 0.712. The number of benzene rings is 1. The van der Waals surface area contributed by atoms with Crippen LogP contribution in [0.3, 0.4) is 0 Å². The van der Waals surface area contributed by atoms with Crippen LogP contribution in [0, 0.1) is 0 Å². The number of hydrazone groups is 1. The van der Waals surface area contributed by atoms with Gasteiger partial charge in [0.1, 0.15) is 0 Å². The molecule has 0 radical (unpaired) electrons. The zero-order chi connectivity index (χ0) is 19.9. The standard InChI is InChI=1S/C22H27N5S/c1-4-8-16(5-2)21(17-11-12-19-20(15-17)28-22(23)26-19)25-18-9-6-13-24-27(3)14-7-10-18/h5,7,9-13,15H,4,6,8,14H2,1-3H3,(H2,23,26)/b10-7?,16-5+,18-9+,24-13-,25-21-. The minimum atomic E-state index is 0.593. The molecule has 28 heavy (non-hydrogen) atoms. The first-order valence-corrected chi connectivity index (χ1v) is 10.4. The molecule has 3 rings (SSSR count). The van der Waals surface area contributed by atoms with E-state index in [1.807, 2.05) is 24.3 Å². The molecule has 1 aromatic heterocycles. The second-order valence-electron chi connectivity index (χ2n) is 6.66. The fourth-order valence-electron chi connectivity index (χ4n) is 3.09. The molecular formula is C22H27N5S. The zero-order valence-electron chi connectivity index (χ0n) is 16.7. The molecule has 0 fully saturated rings. The number of anilines is 1. The number of thiazole rings is 1. The summed E-state index contributed by atoms with van der Waals surface area (Å²) in [6, 6.07) is 6.27. The number of hydrogen-bond acceptors (Lipinski definition) is 6. The van der Waals surface area contributed by atoms with Crippen LogP contribution in [-0.4, -0.2) is 35.5 Å². The van der Waals surface area contributed by atoms with Gasteiger partial charge in [-0.05, 0) is 37.1 Å². The van der Waals surface area contributed by atoms with Crippen molar-refractivity contribution in [3.05, 3.63) is 59.3 Å². The molecule has 1 aliphatic rings. The molecule has 0 bridgehead atoms. The van der Waals surface area contributed by atoms with Crippen molar-refractivity contribution in [2.24, 2.45) is 10.1 Å². The number of allylic oxidation sites excluding steroid dienone is 4. The summed E-state index contributed by atoms with van der Waals surface area (Å²) in [5.74, 6) is 0. The van der Waals surface area contributed by atoms with Gasteiger partial charge in [-0.2, -0.15) is 5.10 Å². The van der Waals surface area contributed by atoms with Crippen LogP contribution in [0.4, 0.5) is 5.13 Å². The van der Waals surface area contributed by atoms with Gasteiger partial charge in [-0.3, -0.25) is 5.01 Å². The average Bonchev–Trinajstić information content (AvgIpc) is 3.09. The largest absolute Gasteiger partial charge is 0.375 e. The molecule has 1 aromatic carbocycles. The highest BCUT2D eigenvalue weighted by Gasteiger charge is 2.12. The molecule has 0 saturated carbocycles. The van der Waals surface area contributed by atoms with E-state index in [2.05, 4.69) is 60.4 Å². The van der Waals surface area contributed by atoms with Crippen LogP contribution < -0.4 is 5.73 Å². The van der Waals surface area contributed by atoms with Gasteiger partial charge in [0, 0.05) is 25.2 Å². The van der Waals surface area contributed by atoms with Crippen molar-refractivity contribution in [3.8, 4) is 0 Å². The van der Waals surface area contributed by atoms with Gasteiger partial charge in [-0.15, -0.1) is 0 Å². The molecule has 0 saturated heterocycles. The SMILES string of the molecule is C/C=C(CCC)/C(=N/C1=C/C/C=N\N(C)CC=C1)c1ccc2nc(N)sc2c1. The lowest BCUT2D eigenvalue weighted by Gasteiger charge is -2.12. The highest BCUT2D eigenvalue weighted by atomic mass is 32.1. The van der Waals surface area contributed by atoms with Crippen LogP contribution in [0.1, 0.15) is 38.7 Å². The Morgan fingerprint density at radius 2 is 2.25 bits per heavy atom. The minimum absolute atomic E-state index is 0.593. The van der Waals surface area contributed by atoms with E-state index in [1.165, 1.54) is 16.9 Å². The molecular weight excluding hydrogens is 366 g/mol. The molecule has 2 heterocycles. The highest BCUT2D eigenvalue weighted by Crippen LogP contribution is 2.27. The molecule has 5 nitrogen and oxygen atoms in total. The zero-order valence-corrected chi connectivity index (χ0v) is 17.5. The van der Waals surface area contributed by atoms with Crippen molar-refractivity contribution >= 4 is 38.6 Å². The van der Waals surface area contributed by atoms with Crippen LogP contribution in [0.25, 0.3) is 10.2 Å². The maximum absolute atomic E-state index is 5.89. The first-order valence-electron chi connectivity index (χ1n) is 9.61. The van der Waals surface area contributed by atoms with Crippen molar-refractivity contribution in [2.75, 3.05) is 19.3 Å². The van der Waals surface area contributed by atoms with E-state index in [4.69, 9.17) is 10.7 Å². The third-order valence-electron chi connectivity index (χ3n) is 4.46. The average molecular weight is 394 g/mol. The summed E-state index contributed by atoms with van der Waals surface area (Å²) in [6.45, 7) is 5.04. The van der Waals surface area contributed by atoms with Crippen LogP contribution in [0.15, 0.2) is 63.9 Å². The van der Waals surface area contributed by atoms with E-state index >= 15 is 0 Å². The lowest BCUT2D eigenvalue weighted by atomic mass is 9.98. The fourth-order valence-corrected chi connectivity index (χ4v) is 3.87. The number of aliphatic imine (C=N–C) groups is 1. The monoisotopic (exact) mass is 393 g/mol. The first-order chi connectivity index (χ1) is 13.6. The molecule has 2 N–H and O–H groups in total. The van der Waals surface area contributed by atoms with Gasteiger partial charge < -0.3 is 5.73 Å². The first kappa shape index (κ1) is 20.0. The Hall–Kier alpha value is -2.73. The number of nitrogen functional groups attached to an aromatic ring is 1. The lowest BCUT2D eigenvalue weighted by molar-refractivity contribution is 0.396. The van der Waals surface area contributed by atoms with Crippen LogP contribution in [-0.2, 0) is 0 Å². The van der Waals surface area contributed by atoms with Gasteiger partial charge >= 0.3 is 0 Å². The van der Waals surface area contributed by atoms with Gasteiger partial charge in [0.2, 0.25) is 0 Å². The molecule has 0 spiro atoms. The Morgan fingerprint density at radius 1 is 1.39 bits per heavy atom. The summed E-state index contributed by atoms with van der Waals surface area (Å²) in [7, 11) is 1.97. The summed E-state index contributed by atoms with van der Waals surface area (Å²) >= 11 is 1.51. The molecule has 0 amide bonds. The van der Waals surface area contributed by atoms with Crippen LogP contribution in [0.2, 0.25) is 0 Å². The number of likely N-dealkylation sites (N-methyl/N-ethyl adjacent to an activating group) is 1. The molecule has 0 unspecified atom stereocenters. The normalized spacial score (nSPS) is 19.1. The van der Waals surface area contributed by atoms with E-state index in [9.17, 15) is 0 Å². The molecule has 1 aliphatic heterocycles. The highest BCUT2D eigenvalue weighted by molar-refractivity contribution is 7.22. The van der Waals surface area contributed by atoms with E-state index in [0.29, 0.717) is 5.13 Å². The Balaban J connectivity index is 2.07. The molecule has 0 aliphatic carbocycles. The molecule has 0 atom stereocenters. The molecule has 146 valence electrons. The fraction of sp³-hybridized carbons (Fsp3) is 0.318. The van der Waals surface area contributed by atoms with Gasteiger partial charge in [0.05, 0.1) is 28.2 Å². The number of rotatable bonds is 5. The third kappa shape index (κ3) is 4.95. The van der Waals surface area contributed by atoms with Gasteiger partial charge in [0.15, 0.2) is 5.13 Å². The van der Waals surface area contributed by atoms with Crippen molar-refractivity contribution in [1.82, 2.24) is 9.99 Å². The third-order valence-corrected chi connectivity index (χ3v) is 5.31. The van der Waals surface area contributed by atoms with Gasteiger partial charge in [-0.25, -0.2) is 9.98 Å². The van der Waals surface area contributed by atoms with Crippen molar-refractivity contribution < 1.29 is 0 Å². The minimum Gasteiger partial charge on any atom is -0.375 e. The number of nitrogens with zero attached hydrogens (tertiary/aromatic N) is 4. The summed E-state index contributed by atoms with van der Waals surface area (Å²) in [6.07, 6.45) is 13.2. The molecule has 2 aromatic rings. The summed E-state index contributed by atoms with van der Waals surface area (Å²) < 4.78 is 1.09. The Morgan fingerprint density at radius 3 is 3.04 bits per heavy atom. The van der Waals surface area contributed by atoms with Crippen molar-refractivity contribution in [1.29, 1.82) is 0 Å². The number of hydrogen-bond donors (Lipinski definition) is 1. The Kier molecular flexibility index (Phi) is 6.76. The van der Waals surface area contributed by atoms with E-state index in [1.54, 1.807) is 0 Å². The Labute approximate surface area is 170 Å². The second kappa shape index (κ2) is 9.46. The van der Waals surface area contributed by atoms with E-state index in [0.717, 1.165) is 53.0 Å². The lowest BCUT2D eigenvalue weighted by Crippen LogP contribution is -2.10. The maximum atomic E-state index is 5.89. The van der Waals surface area contributed by atoms with E-state index in [-0.39, 0.29) is 0 Å². The Bertz CT molecular complexity index is 978. The summed E-state index contributed by atoms with van der Waals surface area (Å²) in [4.78, 5) is 9.44. The maximum Gasteiger partial charge on any atom is 0.181 e. The van der Waals surface area contributed by atoms with Crippen molar-refractivity contribution in [3.63, 3.8) is 0 Å². The number of aromatic nitrogens is 1. The predicted octanol–water partition coefficient (Wildman–Crippen LogP) is 5.18. The van der Waals surface area contributed by atoms with Gasteiger partial charge in [0.25, 0.3) is 0 Å². The van der Waals surface area contributed by atoms with Crippen LogP contribution >= 0.6 is 11.3 Å². The van der Waals surface area contributed by atoms with Crippen LogP contribution in [0.5, 0.6) is 0 Å². The molecule has 6 heteroatoms. The van der Waals surface area contributed by atoms with E-state index < -0.39 is 0 Å². The predicted molar refractivity (Wildman–Crippen MR) is 122 cm³/mol. The topological polar surface area (TPSA) is 66.9 Å². The van der Waals surface area contributed by atoms with Gasteiger partial charge in [-0.1, -0.05) is 49.0 Å². The number of fused-ring (bicyclic) bond motifs is 1. The summed E-state index contributed by atoms with van der Waals surface area (Å²) in [5, 5.41) is 6.87. The number of nitrogens with two attached hydrogens (primary N) is 1. The second-order valence-corrected chi connectivity index (χ2v) is 7.73. The van der Waals surface area contributed by atoms with Crippen molar-refractivity contribution in [2.45, 2.75) is 33.1 Å². The summed E-state index contributed by atoms with van der Waals surface area (Å²) in [5.41, 5.74) is 11.1.